The normalized spacial score (nSPS) is 42.2. The van der Waals surface area contributed by atoms with E-state index in [1.54, 1.807) is 0 Å². The highest BCUT2D eigenvalue weighted by Gasteiger charge is 2.67. The number of rotatable bonds is 1. The Morgan fingerprint density at radius 1 is 0.952 bits per heavy atom. The predicted octanol–water partition coefficient (Wildman–Crippen LogP) is 2.55. The Kier molecular flexibility index (Phi) is 2.04. The van der Waals surface area contributed by atoms with Crippen LogP contribution >= 0.6 is 0 Å². The van der Waals surface area contributed by atoms with Crippen LogP contribution in [0.1, 0.15) is 12.0 Å². The maximum atomic E-state index is 12.9. The highest BCUT2D eigenvalue weighted by atomic mass is 16.2. The van der Waals surface area contributed by atoms with Crippen LogP contribution in [0, 0.1) is 42.4 Å². The number of hydrogen-bond donors (Lipinski definition) is 0. The molecule has 1 heterocycles. The number of benzene rings is 1. The largest absolute Gasteiger partial charge is 0.274 e. The van der Waals surface area contributed by atoms with Crippen LogP contribution in [0.4, 0.5) is 5.69 Å². The monoisotopic (exact) mass is 279 g/mol. The highest BCUT2D eigenvalue weighted by molar-refractivity contribution is 6.23. The quantitative estimate of drug-likeness (QED) is 0.585. The lowest BCUT2D eigenvalue weighted by molar-refractivity contribution is -0.124. The molecule has 1 saturated heterocycles. The van der Waals surface area contributed by atoms with E-state index in [9.17, 15) is 9.59 Å². The molecule has 6 rings (SSSR count). The second-order valence-corrected chi connectivity index (χ2v) is 6.95. The van der Waals surface area contributed by atoms with Gasteiger partial charge in [-0.15, -0.1) is 0 Å². The second kappa shape index (κ2) is 3.65. The van der Waals surface area contributed by atoms with Crippen molar-refractivity contribution in [2.75, 3.05) is 4.90 Å². The molecule has 0 radical (unpaired) electrons. The van der Waals surface area contributed by atoms with Crippen molar-refractivity contribution in [1.29, 1.82) is 0 Å². The van der Waals surface area contributed by atoms with Crippen LogP contribution in [0.3, 0.4) is 0 Å². The fourth-order valence-electron chi connectivity index (χ4n) is 5.01. The maximum absolute atomic E-state index is 12.9. The molecular formula is C18H17NO2. The smallest absolute Gasteiger partial charge is 0.238 e. The number of allylic oxidation sites excluding steroid dienone is 2. The zero-order chi connectivity index (χ0) is 14.3. The molecule has 5 aliphatic rings. The average molecular weight is 279 g/mol. The van der Waals surface area contributed by atoms with Gasteiger partial charge < -0.3 is 0 Å². The minimum absolute atomic E-state index is 0.0315. The summed E-state index contributed by atoms with van der Waals surface area (Å²) in [6.45, 7) is 1.96. The number of anilines is 1. The molecule has 0 unspecified atom stereocenters. The van der Waals surface area contributed by atoms with Crippen LogP contribution in [0.15, 0.2) is 36.4 Å². The summed E-state index contributed by atoms with van der Waals surface area (Å²) in [5.41, 5.74) is 1.76. The van der Waals surface area contributed by atoms with Gasteiger partial charge in [0.15, 0.2) is 0 Å². The molecule has 4 aliphatic carbocycles. The van der Waals surface area contributed by atoms with Gasteiger partial charge in [-0.2, -0.15) is 0 Å². The van der Waals surface area contributed by atoms with E-state index in [2.05, 4.69) is 12.2 Å². The Balaban J connectivity index is 1.62. The number of nitrogens with zero attached hydrogens (tertiary/aromatic N) is 1. The third kappa shape index (κ3) is 1.30. The third-order valence-corrected chi connectivity index (χ3v) is 6.02. The van der Waals surface area contributed by atoms with Gasteiger partial charge in [-0.3, -0.25) is 9.59 Å². The van der Waals surface area contributed by atoms with Crippen LogP contribution in [0.25, 0.3) is 0 Å². The maximum Gasteiger partial charge on any atom is 0.238 e. The van der Waals surface area contributed by atoms with Gasteiger partial charge in [0, 0.05) is 0 Å². The summed E-state index contributed by atoms with van der Waals surface area (Å²) in [6.07, 6.45) is 5.64. The van der Waals surface area contributed by atoms with Gasteiger partial charge in [0.2, 0.25) is 11.8 Å². The van der Waals surface area contributed by atoms with Crippen molar-refractivity contribution >= 4 is 17.5 Å². The highest BCUT2D eigenvalue weighted by Crippen LogP contribution is 2.65. The van der Waals surface area contributed by atoms with Crippen LogP contribution in [0.5, 0.6) is 0 Å². The van der Waals surface area contributed by atoms with Crippen LogP contribution in [-0.2, 0) is 9.59 Å². The molecule has 0 spiro atoms. The first kappa shape index (κ1) is 11.7. The first-order valence-corrected chi connectivity index (χ1v) is 7.80. The van der Waals surface area contributed by atoms with E-state index in [-0.39, 0.29) is 23.7 Å². The van der Waals surface area contributed by atoms with E-state index < -0.39 is 0 Å². The van der Waals surface area contributed by atoms with Crippen LogP contribution in [0.2, 0.25) is 0 Å². The topological polar surface area (TPSA) is 37.4 Å². The Morgan fingerprint density at radius 2 is 1.52 bits per heavy atom. The van der Waals surface area contributed by atoms with Crippen molar-refractivity contribution in [2.24, 2.45) is 35.5 Å². The number of imide groups is 1. The van der Waals surface area contributed by atoms with Gasteiger partial charge in [0.05, 0.1) is 17.5 Å². The molecule has 1 aliphatic heterocycles. The van der Waals surface area contributed by atoms with Gasteiger partial charge >= 0.3 is 0 Å². The summed E-state index contributed by atoms with van der Waals surface area (Å²) in [4.78, 5) is 27.3. The molecule has 0 N–H and O–H groups in total. The number of carbonyl (C=O) groups is 2. The zero-order valence-corrected chi connectivity index (χ0v) is 11.9. The molecular weight excluding hydrogens is 262 g/mol. The molecule has 6 atom stereocenters. The van der Waals surface area contributed by atoms with Crippen molar-refractivity contribution in [3.63, 3.8) is 0 Å². The summed E-state index contributed by atoms with van der Waals surface area (Å²) >= 11 is 0. The SMILES string of the molecule is Cc1ccccc1N1C(=O)[C@@H]2[C@@H]3C=C[C@H]([C@H]4C[C@H]34)[C@@H]2C1=O. The number of hydrogen-bond acceptors (Lipinski definition) is 2. The van der Waals surface area contributed by atoms with E-state index in [4.69, 9.17) is 0 Å². The number of carbonyl (C=O) groups excluding carboxylic acids is 2. The lowest BCUT2D eigenvalue weighted by atomic mass is 9.63. The van der Waals surface area contributed by atoms with Crippen LogP contribution < -0.4 is 4.90 Å². The van der Waals surface area contributed by atoms with Gasteiger partial charge in [-0.05, 0) is 48.6 Å². The first-order valence-electron chi connectivity index (χ1n) is 7.80. The molecule has 2 saturated carbocycles. The summed E-state index contributed by atoms with van der Waals surface area (Å²) in [5, 5.41) is 0. The second-order valence-electron chi connectivity index (χ2n) is 6.95. The van der Waals surface area contributed by atoms with Gasteiger partial charge in [-0.25, -0.2) is 4.90 Å². The Hall–Kier alpha value is -1.90. The Morgan fingerprint density at radius 3 is 2.10 bits per heavy atom. The molecule has 21 heavy (non-hydrogen) atoms. The number of amides is 2. The molecule has 1 aromatic rings. The van der Waals surface area contributed by atoms with Crippen molar-refractivity contribution in [3.05, 3.63) is 42.0 Å². The van der Waals surface area contributed by atoms with Crippen molar-refractivity contribution in [1.82, 2.24) is 0 Å². The van der Waals surface area contributed by atoms with Gasteiger partial charge in [0.25, 0.3) is 0 Å². The molecule has 3 nitrogen and oxygen atoms in total. The standard InChI is InChI=1S/C18H17NO2/c1-9-4-2-3-5-14(9)19-17(20)15-10-6-7-11(13-8-12(10)13)16(15)18(19)21/h2-7,10-13,15-16H,8H2,1H3/t10-,11-,12-,13-,15-,16+/m1/s1. The summed E-state index contributed by atoms with van der Waals surface area (Å²) in [6, 6.07) is 7.69. The molecule has 2 amide bonds. The van der Waals surface area contributed by atoms with Crippen LogP contribution in [-0.4, -0.2) is 11.8 Å². The summed E-state index contributed by atoms with van der Waals surface area (Å²) < 4.78 is 0. The van der Waals surface area contributed by atoms with Crippen molar-refractivity contribution in [2.45, 2.75) is 13.3 Å². The van der Waals surface area contributed by atoms with Crippen molar-refractivity contribution in [3.8, 4) is 0 Å². The summed E-state index contributed by atoms with van der Waals surface area (Å²) in [5.74, 6) is 1.79. The zero-order valence-electron chi connectivity index (χ0n) is 11.9. The molecule has 3 heteroatoms. The Bertz CT molecular complexity index is 671. The molecule has 0 aromatic heterocycles. The number of aryl methyl sites for hydroxylation is 1. The number of para-hydroxylation sites is 1. The minimum atomic E-state index is -0.101. The third-order valence-electron chi connectivity index (χ3n) is 6.02. The average Bonchev–Trinajstić information content (AvgIpc) is 3.26. The fraction of sp³-hybridized carbons (Fsp3) is 0.444. The predicted molar refractivity (Wildman–Crippen MR) is 78.4 cm³/mol. The first-order chi connectivity index (χ1) is 10.2. The van der Waals surface area contributed by atoms with Crippen molar-refractivity contribution < 1.29 is 9.59 Å². The van der Waals surface area contributed by atoms with E-state index in [0.717, 1.165) is 11.3 Å². The molecule has 106 valence electrons. The Labute approximate surface area is 123 Å². The van der Waals surface area contributed by atoms with E-state index in [1.807, 2.05) is 31.2 Å². The minimum Gasteiger partial charge on any atom is -0.274 e. The van der Waals surface area contributed by atoms with Gasteiger partial charge in [0.1, 0.15) is 0 Å². The van der Waals surface area contributed by atoms with Gasteiger partial charge in [-0.1, -0.05) is 30.4 Å². The lowest BCUT2D eigenvalue weighted by Crippen LogP contribution is -2.40. The van der Waals surface area contributed by atoms with E-state index in [0.29, 0.717) is 23.7 Å². The lowest BCUT2D eigenvalue weighted by Gasteiger charge is -2.37. The fourth-order valence-corrected chi connectivity index (χ4v) is 5.01. The molecule has 1 aromatic carbocycles. The molecule has 3 fully saturated rings. The van der Waals surface area contributed by atoms with E-state index in [1.165, 1.54) is 11.3 Å². The van der Waals surface area contributed by atoms with E-state index >= 15 is 0 Å². The molecule has 2 bridgehead atoms. The summed E-state index contributed by atoms with van der Waals surface area (Å²) in [7, 11) is 0.